The van der Waals surface area contributed by atoms with Crippen molar-refractivity contribution in [1.29, 1.82) is 0 Å². The SMILES string of the molecule is c1ccc(-c2c3ccc(-n4c(-c5cccc6ccccc56)c(-c5cccc6ccccc56)c5ccccc54)cc3c(-c3ccccc3)c3ccc(-n4c(-c5cccc6ccccc56)c(-c5cccc6ccccc56)c5ccccc54)cc23)cc1. The highest BCUT2D eigenvalue weighted by Gasteiger charge is 2.28. The van der Waals surface area contributed by atoms with Gasteiger partial charge in [0.05, 0.1) is 22.4 Å². The minimum Gasteiger partial charge on any atom is -0.309 e. The summed E-state index contributed by atoms with van der Waals surface area (Å²) in [6.07, 6.45) is 0. The van der Waals surface area contributed by atoms with E-state index in [1.165, 1.54) is 142 Å². The molecule has 390 valence electrons. The lowest BCUT2D eigenvalue weighted by molar-refractivity contribution is 1.14. The van der Waals surface area contributed by atoms with Crippen LogP contribution in [0.25, 0.3) is 165 Å². The number of hydrogen-bond acceptors (Lipinski definition) is 0. The van der Waals surface area contributed by atoms with E-state index in [4.69, 9.17) is 0 Å². The summed E-state index contributed by atoms with van der Waals surface area (Å²) in [5, 5.41) is 16.9. The van der Waals surface area contributed by atoms with Crippen molar-refractivity contribution in [3.63, 3.8) is 0 Å². The third kappa shape index (κ3) is 7.37. The molecule has 0 N–H and O–H groups in total. The maximum Gasteiger partial charge on any atom is 0.0625 e. The molecule has 17 aromatic rings. The highest BCUT2D eigenvalue weighted by atomic mass is 15.0. The molecule has 0 fully saturated rings. The fourth-order valence-corrected chi connectivity index (χ4v) is 14.1. The highest BCUT2D eigenvalue weighted by Crippen LogP contribution is 2.51. The lowest BCUT2D eigenvalue weighted by Crippen LogP contribution is -2.01. The molecule has 0 saturated heterocycles. The topological polar surface area (TPSA) is 9.86 Å². The minimum absolute atomic E-state index is 1.10. The zero-order valence-electron chi connectivity index (χ0n) is 45.9. The van der Waals surface area contributed by atoms with Crippen LogP contribution in [0.5, 0.6) is 0 Å². The average molecular weight is 1070 g/mol. The van der Waals surface area contributed by atoms with Gasteiger partial charge in [0.15, 0.2) is 0 Å². The molecule has 17 rings (SSSR count). The first kappa shape index (κ1) is 47.7. The fourth-order valence-electron chi connectivity index (χ4n) is 14.1. The molecule has 0 bridgehead atoms. The van der Waals surface area contributed by atoms with Gasteiger partial charge in [-0.25, -0.2) is 0 Å². The normalized spacial score (nSPS) is 11.8. The lowest BCUT2D eigenvalue weighted by Gasteiger charge is -2.22. The molecular weight excluding hydrogens is 1010 g/mol. The van der Waals surface area contributed by atoms with E-state index in [0.29, 0.717) is 0 Å². The van der Waals surface area contributed by atoms with Crippen LogP contribution in [0.1, 0.15) is 0 Å². The smallest absolute Gasteiger partial charge is 0.0625 e. The van der Waals surface area contributed by atoms with Gasteiger partial charge in [0, 0.05) is 44.4 Å². The Bertz CT molecular complexity index is 5120. The van der Waals surface area contributed by atoms with Crippen LogP contribution in [0.3, 0.4) is 0 Å². The van der Waals surface area contributed by atoms with Crippen molar-refractivity contribution in [1.82, 2.24) is 9.13 Å². The van der Waals surface area contributed by atoms with Gasteiger partial charge in [-0.1, -0.05) is 279 Å². The van der Waals surface area contributed by atoms with Crippen LogP contribution in [0.4, 0.5) is 0 Å². The van der Waals surface area contributed by atoms with Gasteiger partial charge in [0.1, 0.15) is 0 Å². The zero-order valence-corrected chi connectivity index (χ0v) is 45.9. The Labute approximate surface area is 486 Å². The first-order valence-corrected chi connectivity index (χ1v) is 29.1. The molecule has 0 aliphatic rings. The number of hydrogen-bond donors (Lipinski definition) is 0. The van der Waals surface area contributed by atoms with Gasteiger partial charge >= 0.3 is 0 Å². The van der Waals surface area contributed by atoms with Gasteiger partial charge in [-0.15, -0.1) is 0 Å². The van der Waals surface area contributed by atoms with Crippen molar-refractivity contribution in [2.75, 3.05) is 0 Å². The number of aromatic nitrogens is 2. The molecule has 15 aromatic carbocycles. The van der Waals surface area contributed by atoms with E-state index >= 15 is 0 Å². The van der Waals surface area contributed by atoms with Crippen LogP contribution in [0.2, 0.25) is 0 Å². The summed E-state index contributed by atoms with van der Waals surface area (Å²) in [5.41, 5.74) is 18.8. The largest absolute Gasteiger partial charge is 0.309 e. The molecule has 0 saturated carbocycles. The monoisotopic (exact) mass is 1060 g/mol. The molecule has 2 nitrogen and oxygen atoms in total. The summed E-state index contributed by atoms with van der Waals surface area (Å²) in [5.74, 6) is 0. The Morgan fingerprint density at radius 1 is 0.179 bits per heavy atom. The van der Waals surface area contributed by atoms with Crippen LogP contribution in [0.15, 0.2) is 315 Å². The third-order valence-electron chi connectivity index (χ3n) is 17.7. The van der Waals surface area contributed by atoms with E-state index < -0.39 is 0 Å². The van der Waals surface area contributed by atoms with Gasteiger partial charge < -0.3 is 9.13 Å². The maximum atomic E-state index is 2.55. The highest BCUT2D eigenvalue weighted by molar-refractivity contribution is 6.23. The molecule has 2 heteroatoms. The summed E-state index contributed by atoms with van der Waals surface area (Å²) < 4.78 is 5.11. The minimum atomic E-state index is 1.10. The van der Waals surface area contributed by atoms with E-state index in [9.17, 15) is 0 Å². The summed E-state index contributed by atoms with van der Waals surface area (Å²) in [6.45, 7) is 0. The number of benzene rings is 15. The van der Waals surface area contributed by atoms with Crippen LogP contribution in [0, 0.1) is 0 Å². The number of fused-ring (bicyclic) bond motifs is 8. The van der Waals surface area contributed by atoms with Crippen molar-refractivity contribution in [2.24, 2.45) is 0 Å². The molecule has 0 spiro atoms. The van der Waals surface area contributed by atoms with E-state index in [0.717, 1.165) is 22.4 Å². The van der Waals surface area contributed by atoms with Crippen molar-refractivity contribution in [2.45, 2.75) is 0 Å². The predicted molar refractivity (Wildman–Crippen MR) is 358 cm³/mol. The standard InChI is InChI=1S/C82H52N2/c1-3-27-57(28-4-1)77-67-49-47-60(84-76-46-18-16-40-72(76)80(66-42-20-32-54-24-8-12-36-62(54)66)82(84)70-44-22-34-56-26-10-14-38-64(56)70)52-74(67)78(58-29-5-2-6-30-58)68-50-48-59(51-73(68)77)83-75-45-17-15-39-71(75)79(65-41-19-31-53-23-7-11-35-61(53)65)81(83)69-43-21-33-55-25-9-13-37-63(55)69/h1-52H. The number of para-hydroxylation sites is 2. The first-order chi connectivity index (χ1) is 41.7. The van der Waals surface area contributed by atoms with Crippen molar-refractivity contribution in [3.8, 4) is 78.4 Å². The van der Waals surface area contributed by atoms with E-state index in [1.54, 1.807) is 0 Å². The van der Waals surface area contributed by atoms with Gasteiger partial charge in [-0.2, -0.15) is 0 Å². The molecule has 0 amide bonds. The van der Waals surface area contributed by atoms with E-state index in [-0.39, 0.29) is 0 Å². The summed E-state index contributed by atoms with van der Waals surface area (Å²) >= 11 is 0. The van der Waals surface area contributed by atoms with E-state index in [2.05, 4.69) is 325 Å². The Kier molecular flexibility index (Phi) is 11.0. The molecule has 2 heterocycles. The van der Waals surface area contributed by atoms with E-state index in [1.807, 2.05) is 0 Å². The van der Waals surface area contributed by atoms with Crippen LogP contribution in [-0.2, 0) is 0 Å². The second-order valence-corrected chi connectivity index (χ2v) is 22.2. The van der Waals surface area contributed by atoms with Crippen molar-refractivity contribution >= 4 is 86.4 Å². The lowest BCUT2D eigenvalue weighted by atomic mass is 9.85. The molecule has 84 heavy (non-hydrogen) atoms. The predicted octanol–water partition coefficient (Wildman–Crippen LogP) is 22.5. The molecule has 0 aliphatic carbocycles. The summed E-state index contributed by atoms with van der Waals surface area (Å²) in [4.78, 5) is 0. The van der Waals surface area contributed by atoms with Gasteiger partial charge in [-0.05, 0) is 134 Å². The number of rotatable bonds is 8. The second-order valence-electron chi connectivity index (χ2n) is 22.2. The Morgan fingerprint density at radius 3 is 0.857 bits per heavy atom. The third-order valence-corrected chi connectivity index (χ3v) is 17.7. The quantitative estimate of drug-likeness (QED) is 0.134. The Balaban J connectivity index is 0.995. The summed E-state index contributed by atoms with van der Waals surface area (Å²) in [6, 6.07) is 117. The average Bonchev–Trinajstić information content (AvgIpc) is 1.65. The van der Waals surface area contributed by atoms with Gasteiger partial charge in [-0.3, -0.25) is 0 Å². The Morgan fingerprint density at radius 2 is 0.476 bits per heavy atom. The zero-order chi connectivity index (χ0) is 55.2. The van der Waals surface area contributed by atoms with Crippen LogP contribution in [-0.4, -0.2) is 9.13 Å². The van der Waals surface area contributed by atoms with Crippen LogP contribution >= 0.6 is 0 Å². The molecule has 0 aliphatic heterocycles. The molecule has 2 aromatic heterocycles. The van der Waals surface area contributed by atoms with Crippen molar-refractivity contribution < 1.29 is 0 Å². The molecular formula is C82H52N2. The number of nitrogens with zero attached hydrogens (tertiary/aromatic N) is 2. The Hall–Kier alpha value is -11.1. The van der Waals surface area contributed by atoms with Crippen molar-refractivity contribution in [3.05, 3.63) is 315 Å². The van der Waals surface area contributed by atoms with Gasteiger partial charge in [0.25, 0.3) is 0 Å². The first-order valence-electron chi connectivity index (χ1n) is 29.1. The fraction of sp³-hybridized carbons (Fsp3) is 0. The molecule has 0 unspecified atom stereocenters. The summed E-state index contributed by atoms with van der Waals surface area (Å²) in [7, 11) is 0. The maximum absolute atomic E-state index is 2.55. The van der Waals surface area contributed by atoms with Gasteiger partial charge in [0.2, 0.25) is 0 Å². The van der Waals surface area contributed by atoms with Crippen LogP contribution < -0.4 is 0 Å². The second kappa shape index (κ2) is 19.3. The molecule has 0 radical (unpaired) electrons. The molecule has 0 atom stereocenters.